The first-order valence-electron chi connectivity index (χ1n) is 3.18. The predicted molar refractivity (Wildman–Crippen MR) is 39.9 cm³/mol. The molecule has 0 amide bonds. The number of nitrogens with zero attached hydrogens (tertiary/aromatic N) is 2. The molecule has 0 bridgehead atoms. The molecule has 11 heavy (non-hydrogen) atoms. The smallest absolute Gasteiger partial charge is 0.117 e. The summed E-state index contributed by atoms with van der Waals surface area (Å²) >= 11 is 0. The van der Waals surface area contributed by atoms with E-state index in [1.54, 1.807) is 0 Å². The lowest BCUT2D eigenvalue weighted by atomic mass is 10.1. The van der Waals surface area contributed by atoms with Gasteiger partial charge in [0, 0.05) is 0 Å². The van der Waals surface area contributed by atoms with Crippen molar-refractivity contribution in [3.8, 4) is 0 Å². The van der Waals surface area contributed by atoms with Crippen LogP contribution in [0.5, 0.6) is 0 Å². The SMILES string of the molecule is CC(N=O)C(O)C(N)CN=O. The summed E-state index contributed by atoms with van der Waals surface area (Å²) in [6.07, 6.45) is -1.09. The molecule has 6 heteroatoms. The second-order valence-corrected chi connectivity index (χ2v) is 2.31. The summed E-state index contributed by atoms with van der Waals surface area (Å²) in [4.78, 5) is 19.6. The van der Waals surface area contributed by atoms with Gasteiger partial charge in [-0.3, -0.25) is 0 Å². The molecule has 0 saturated carbocycles. The molecule has 0 aliphatic carbocycles. The lowest BCUT2D eigenvalue weighted by molar-refractivity contribution is 0.125. The first kappa shape index (κ1) is 10.1. The highest BCUT2D eigenvalue weighted by Crippen LogP contribution is 2.01. The van der Waals surface area contributed by atoms with Crippen molar-refractivity contribution in [3.63, 3.8) is 0 Å². The van der Waals surface area contributed by atoms with E-state index in [0.717, 1.165) is 0 Å². The van der Waals surface area contributed by atoms with Crippen molar-refractivity contribution < 1.29 is 5.11 Å². The molecule has 0 aromatic carbocycles. The van der Waals surface area contributed by atoms with Gasteiger partial charge in [0.2, 0.25) is 0 Å². The fraction of sp³-hybridized carbons (Fsp3) is 1.00. The highest BCUT2D eigenvalue weighted by molar-refractivity contribution is 4.81. The molecule has 0 aliphatic rings. The van der Waals surface area contributed by atoms with Crippen molar-refractivity contribution in [2.75, 3.05) is 6.54 Å². The number of nitroso groups, excluding NO2 is 2. The van der Waals surface area contributed by atoms with Crippen LogP contribution in [-0.4, -0.2) is 29.8 Å². The predicted octanol–water partition coefficient (Wildman–Crippen LogP) is -0.404. The summed E-state index contributed by atoms with van der Waals surface area (Å²) in [5, 5.41) is 14.2. The molecular formula is C5H11N3O3. The first-order valence-corrected chi connectivity index (χ1v) is 3.18. The molecule has 0 fully saturated rings. The topological polar surface area (TPSA) is 105 Å². The van der Waals surface area contributed by atoms with Gasteiger partial charge in [0.05, 0.1) is 18.7 Å². The Morgan fingerprint density at radius 2 is 2.09 bits per heavy atom. The van der Waals surface area contributed by atoms with Gasteiger partial charge >= 0.3 is 0 Å². The summed E-state index contributed by atoms with van der Waals surface area (Å²) in [6, 6.07) is -1.60. The van der Waals surface area contributed by atoms with Crippen molar-refractivity contribution in [3.05, 3.63) is 9.81 Å². The number of nitrogens with two attached hydrogens (primary N) is 1. The van der Waals surface area contributed by atoms with Crippen LogP contribution in [0.1, 0.15) is 6.92 Å². The van der Waals surface area contributed by atoms with Gasteiger partial charge in [0.1, 0.15) is 6.04 Å². The lowest BCUT2D eigenvalue weighted by Gasteiger charge is -2.16. The van der Waals surface area contributed by atoms with Gasteiger partial charge in [-0.1, -0.05) is 10.4 Å². The number of aliphatic hydroxyl groups is 1. The third kappa shape index (κ3) is 3.15. The van der Waals surface area contributed by atoms with E-state index >= 15 is 0 Å². The molecule has 3 N–H and O–H groups in total. The average molecular weight is 161 g/mol. The number of hydrogen-bond acceptors (Lipinski definition) is 6. The Bertz CT molecular complexity index is 141. The largest absolute Gasteiger partial charge is 0.389 e. The van der Waals surface area contributed by atoms with E-state index in [0.29, 0.717) is 0 Å². The molecule has 0 aromatic rings. The molecule has 0 rings (SSSR count). The Morgan fingerprint density at radius 3 is 2.45 bits per heavy atom. The minimum Gasteiger partial charge on any atom is -0.389 e. The van der Waals surface area contributed by atoms with E-state index in [4.69, 9.17) is 10.8 Å². The van der Waals surface area contributed by atoms with Crippen molar-refractivity contribution in [2.24, 2.45) is 16.1 Å². The zero-order chi connectivity index (χ0) is 8.85. The van der Waals surface area contributed by atoms with Gasteiger partial charge in [-0.05, 0) is 6.92 Å². The molecule has 6 nitrogen and oxygen atoms in total. The second-order valence-electron chi connectivity index (χ2n) is 2.31. The molecule has 64 valence electrons. The van der Waals surface area contributed by atoms with Gasteiger partial charge in [0.25, 0.3) is 0 Å². The maximum absolute atomic E-state index is 9.88. The Labute approximate surface area is 63.7 Å². The number of rotatable bonds is 5. The van der Waals surface area contributed by atoms with E-state index in [1.165, 1.54) is 6.92 Å². The van der Waals surface area contributed by atoms with Crippen LogP contribution < -0.4 is 5.73 Å². The highest BCUT2D eigenvalue weighted by atomic mass is 16.3. The van der Waals surface area contributed by atoms with Crippen molar-refractivity contribution in [1.82, 2.24) is 0 Å². The van der Waals surface area contributed by atoms with Crippen LogP contribution in [0.2, 0.25) is 0 Å². The maximum Gasteiger partial charge on any atom is 0.117 e. The minimum atomic E-state index is -1.09. The van der Waals surface area contributed by atoms with E-state index in [2.05, 4.69) is 10.4 Å². The van der Waals surface area contributed by atoms with Crippen LogP contribution in [-0.2, 0) is 0 Å². The van der Waals surface area contributed by atoms with Crippen LogP contribution in [0, 0.1) is 9.81 Å². The fourth-order valence-corrected chi connectivity index (χ4v) is 0.614. The zero-order valence-corrected chi connectivity index (χ0v) is 6.17. The summed E-state index contributed by atoms with van der Waals surface area (Å²) < 4.78 is 0. The fourth-order valence-electron chi connectivity index (χ4n) is 0.614. The Balaban J connectivity index is 3.88. The summed E-state index contributed by atoms with van der Waals surface area (Å²) in [7, 11) is 0. The minimum absolute atomic E-state index is 0.207. The standard InChI is InChI=1S/C5H11N3O3/c1-3(8-11)5(9)4(6)2-7-10/h3-5,9H,2,6H2,1H3. The van der Waals surface area contributed by atoms with E-state index in [-0.39, 0.29) is 6.54 Å². The maximum atomic E-state index is 9.88. The van der Waals surface area contributed by atoms with Crippen LogP contribution >= 0.6 is 0 Å². The molecule has 3 unspecified atom stereocenters. The first-order chi connectivity index (χ1) is 5.13. The molecule has 0 radical (unpaired) electrons. The molecule has 0 spiro atoms. The molecule has 0 aliphatic heterocycles. The molecule has 3 atom stereocenters. The Morgan fingerprint density at radius 1 is 1.55 bits per heavy atom. The average Bonchev–Trinajstić information content (AvgIpc) is 2.02. The van der Waals surface area contributed by atoms with E-state index in [1.807, 2.05) is 0 Å². The van der Waals surface area contributed by atoms with Crippen molar-refractivity contribution in [2.45, 2.75) is 25.1 Å². The third-order valence-electron chi connectivity index (χ3n) is 1.38. The van der Waals surface area contributed by atoms with Crippen LogP contribution in [0.15, 0.2) is 10.4 Å². The van der Waals surface area contributed by atoms with E-state index in [9.17, 15) is 9.81 Å². The third-order valence-corrected chi connectivity index (χ3v) is 1.38. The molecule has 0 aromatic heterocycles. The van der Waals surface area contributed by atoms with Gasteiger partial charge in [-0.2, -0.15) is 9.81 Å². The van der Waals surface area contributed by atoms with E-state index < -0.39 is 18.2 Å². The highest BCUT2D eigenvalue weighted by Gasteiger charge is 2.22. The van der Waals surface area contributed by atoms with Crippen LogP contribution in [0.4, 0.5) is 0 Å². The van der Waals surface area contributed by atoms with Crippen LogP contribution in [0.3, 0.4) is 0 Å². The summed E-state index contributed by atoms with van der Waals surface area (Å²) in [5.74, 6) is 0. The van der Waals surface area contributed by atoms with Gasteiger partial charge < -0.3 is 10.8 Å². The van der Waals surface area contributed by atoms with Crippen molar-refractivity contribution >= 4 is 0 Å². The number of aliphatic hydroxyl groups excluding tert-OH is 1. The van der Waals surface area contributed by atoms with Crippen molar-refractivity contribution in [1.29, 1.82) is 0 Å². The monoisotopic (exact) mass is 161 g/mol. The normalized spacial score (nSPS) is 18.5. The quantitative estimate of drug-likeness (QED) is 0.535. The zero-order valence-electron chi connectivity index (χ0n) is 6.17. The summed E-state index contributed by atoms with van der Waals surface area (Å²) in [6.45, 7) is 1.21. The van der Waals surface area contributed by atoms with Crippen LogP contribution in [0.25, 0.3) is 0 Å². The number of hydrogen-bond donors (Lipinski definition) is 2. The molecule has 0 saturated heterocycles. The van der Waals surface area contributed by atoms with Gasteiger partial charge in [-0.25, -0.2) is 0 Å². The van der Waals surface area contributed by atoms with Gasteiger partial charge in [0.15, 0.2) is 0 Å². The Hall–Kier alpha value is -0.880. The molecule has 0 heterocycles. The Kier molecular flexibility index (Phi) is 4.47. The molecular weight excluding hydrogens is 150 g/mol. The second kappa shape index (κ2) is 4.86. The van der Waals surface area contributed by atoms with Gasteiger partial charge in [-0.15, -0.1) is 0 Å². The lowest BCUT2D eigenvalue weighted by Crippen LogP contribution is -2.42. The summed E-state index contributed by atoms with van der Waals surface area (Å²) in [5.41, 5.74) is 5.26.